The summed E-state index contributed by atoms with van der Waals surface area (Å²) in [5.74, 6) is 0. The van der Waals surface area contributed by atoms with Crippen LogP contribution in [0.25, 0.3) is 0 Å². The minimum atomic E-state index is -0.135. The molecule has 0 aromatic heterocycles. The summed E-state index contributed by atoms with van der Waals surface area (Å²) in [5, 5.41) is 9.58. The highest BCUT2D eigenvalue weighted by atomic mass is 16.5. The Morgan fingerprint density at radius 2 is 1.93 bits per heavy atom. The number of aliphatic hydroxyl groups is 1. The van der Waals surface area contributed by atoms with Crippen LogP contribution in [0.5, 0.6) is 0 Å². The third kappa shape index (κ3) is 2.19. The van der Waals surface area contributed by atoms with Gasteiger partial charge in [0, 0.05) is 19.1 Å². The zero-order valence-corrected chi connectivity index (χ0v) is 10.3. The van der Waals surface area contributed by atoms with Crippen LogP contribution >= 0.6 is 0 Å². The molecule has 0 radical (unpaired) electrons. The van der Waals surface area contributed by atoms with Gasteiger partial charge in [0.1, 0.15) is 0 Å². The van der Waals surface area contributed by atoms with Gasteiger partial charge < -0.3 is 9.84 Å². The predicted octanol–water partition coefficient (Wildman–Crippen LogP) is 1.40. The number of likely N-dealkylation sites (tertiary alicyclic amines) is 1. The maximum Gasteiger partial charge on any atom is 0.0789 e. The monoisotopic (exact) mass is 213 g/mol. The molecule has 15 heavy (non-hydrogen) atoms. The molecule has 0 spiro atoms. The second-order valence-corrected chi connectivity index (χ2v) is 6.12. The molecule has 0 bridgehead atoms. The van der Waals surface area contributed by atoms with Crippen LogP contribution in [0.4, 0.5) is 0 Å². The number of nitrogens with zero attached hydrogens (tertiary/aromatic N) is 1. The second-order valence-electron chi connectivity index (χ2n) is 6.12. The summed E-state index contributed by atoms with van der Waals surface area (Å²) in [5.41, 5.74) is -0.116. The van der Waals surface area contributed by atoms with E-state index in [-0.39, 0.29) is 17.3 Å². The van der Waals surface area contributed by atoms with Crippen LogP contribution in [0, 0.1) is 0 Å². The number of hydrogen-bond donors (Lipinski definition) is 1. The molecule has 1 N–H and O–H groups in total. The molecule has 0 amide bonds. The molecular formula is C12H23NO2. The fourth-order valence-electron chi connectivity index (χ4n) is 3.15. The van der Waals surface area contributed by atoms with Gasteiger partial charge >= 0.3 is 0 Å². The van der Waals surface area contributed by atoms with E-state index in [0.29, 0.717) is 6.04 Å². The molecule has 2 saturated heterocycles. The van der Waals surface area contributed by atoms with Crippen LogP contribution in [0.2, 0.25) is 0 Å². The Morgan fingerprint density at radius 1 is 1.27 bits per heavy atom. The molecule has 3 nitrogen and oxygen atoms in total. The Bertz CT molecular complexity index is 250. The first-order chi connectivity index (χ1) is 6.80. The number of aliphatic hydroxyl groups excluding tert-OH is 1. The summed E-state index contributed by atoms with van der Waals surface area (Å²) >= 11 is 0. The van der Waals surface area contributed by atoms with E-state index in [0.717, 1.165) is 25.9 Å². The van der Waals surface area contributed by atoms with Crippen molar-refractivity contribution in [2.75, 3.05) is 13.1 Å². The predicted molar refractivity (Wildman–Crippen MR) is 59.8 cm³/mol. The number of β-amino-alcohol motifs (C(OH)–C–C–N with tert-alkyl or cyclic N) is 1. The van der Waals surface area contributed by atoms with Gasteiger partial charge in [-0.3, -0.25) is 4.90 Å². The van der Waals surface area contributed by atoms with Crippen LogP contribution in [0.15, 0.2) is 0 Å². The molecule has 2 aliphatic heterocycles. The van der Waals surface area contributed by atoms with Gasteiger partial charge in [0.15, 0.2) is 0 Å². The minimum absolute atomic E-state index is 0.0261. The summed E-state index contributed by atoms with van der Waals surface area (Å²) in [6.07, 6.45) is 1.84. The average Bonchev–Trinajstić information content (AvgIpc) is 2.52. The Balaban J connectivity index is 2.09. The Labute approximate surface area is 92.4 Å². The van der Waals surface area contributed by atoms with Crippen LogP contribution in [0.1, 0.15) is 40.5 Å². The van der Waals surface area contributed by atoms with Crippen molar-refractivity contribution in [3.8, 4) is 0 Å². The van der Waals surface area contributed by atoms with Gasteiger partial charge in [-0.1, -0.05) is 0 Å². The number of rotatable bonds is 1. The van der Waals surface area contributed by atoms with Crippen LogP contribution in [0.3, 0.4) is 0 Å². The Hall–Kier alpha value is -0.120. The lowest BCUT2D eigenvalue weighted by molar-refractivity contribution is -0.0793. The first-order valence-corrected chi connectivity index (χ1v) is 5.92. The van der Waals surface area contributed by atoms with E-state index in [1.165, 1.54) is 0 Å². The third-order valence-electron chi connectivity index (χ3n) is 3.66. The van der Waals surface area contributed by atoms with Gasteiger partial charge in [-0.15, -0.1) is 0 Å². The first kappa shape index (κ1) is 11.4. The van der Waals surface area contributed by atoms with Crippen molar-refractivity contribution in [1.29, 1.82) is 0 Å². The SMILES string of the molecule is CC1(C)CC(N2CCC(O)C2)C(C)(C)O1. The molecule has 0 aromatic carbocycles. The molecule has 2 rings (SSSR count). The first-order valence-electron chi connectivity index (χ1n) is 5.92. The highest BCUT2D eigenvalue weighted by Crippen LogP contribution is 2.41. The van der Waals surface area contributed by atoms with Gasteiger partial charge in [0.05, 0.1) is 17.3 Å². The van der Waals surface area contributed by atoms with Gasteiger partial charge in [-0.2, -0.15) is 0 Å². The molecule has 2 unspecified atom stereocenters. The van der Waals surface area contributed by atoms with E-state index in [1.54, 1.807) is 0 Å². The molecule has 2 aliphatic rings. The fraction of sp³-hybridized carbons (Fsp3) is 1.00. The third-order valence-corrected chi connectivity index (χ3v) is 3.66. The van der Waals surface area contributed by atoms with Crippen molar-refractivity contribution in [3.63, 3.8) is 0 Å². The van der Waals surface area contributed by atoms with Crippen LogP contribution in [-0.4, -0.2) is 46.4 Å². The molecule has 0 aromatic rings. The molecule has 2 atom stereocenters. The zero-order valence-electron chi connectivity index (χ0n) is 10.3. The molecule has 0 aliphatic carbocycles. The molecule has 88 valence electrons. The van der Waals surface area contributed by atoms with Crippen LogP contribution < -0.4 is 0 Å². The zero-order chi connectivity index (χ0) is 11.3. The van der Waals surface area contributed by atoms with Crippen molar-refractivity contribution < 1.29 is 9.84 Å². The Morgan fingerprint density at radius 3 is 2.33 bits per heavy atom. The summed E-state index contributed by atoms with van der Waals surface area (Å²) in [6.45, 7) is 10.5. The van der Waals surface area contributed by atoms with Crippen molar-refractivity contribution in [1.82, 2.24) is 4.90 Å². The highest BCUT2D eigenvalue weighted by molar-refractivity contribution is 5.01. The fourth-order valence-corrected chi connectivity index (χ4v) is 3.15. The van der Waals surface area contributed by atoms with E-state index >= 15 is 0 Å². The smallest absolute Gasteiger partial charge is 0.0789 e. The summed E-state index contributed by atoms with van der Waals surface area (Å²) < 4.78 is 6.07. The highest BCUT2D eigenvalue weighted by Gasteiger charge is 2.49. The van der Waals surface area contributed by atoms with E-state index in [1.807, 2.05) is 0 Å². The number of ether oxygens (including phenoxy) is 1. The maximum atomic E-state index is 9.58. The molecule has 2 heterocycles. The molecule has 0 saturated carbocycles. The lowest BCUT2D eigenvalue weighted by atomic mass is 9.93. The van der Waals surface area contributed by atoms with Gasteiger partial charge in [0.2, 0.25) is 0 Å². The normalized spacial score (nSPS) is 39.8. The second kappa shape index (κ2) is 3.44. The summed E-state index contributed by atoms with van der Waals surface area (Å²) in [7, 11) is 0. The van der Waals surface area contributed by atoms with Crippen molar-refractivity contribution in [3.05, 3.63) is 0 Å². The topological polar surface area (TPSA) is 32.7 Å². The molecule has 2 fully saturated rings. The van der Waals surface area contributed by atoms with E-state index < -0.39 is 0 Å². The van der Waals surface area contributed by atoms with Gasteiger partial charge in [-0.05, 0) is 40.5 Å². The largest absolute Gasteiger partial charge is 0.392 e. The standard InChI is InChI=1S/C12H23NO2/c1-11(2)7-10(12(3,4)15-11)13-6-5-9(14)8-13/h9-10,14H,5-8H2,1-4H3. The lowest BCUT2D eigenvalue weighted by Gasteiger charge is -2.33. The summed E-state index contributed by atoms with van der Waals surface area (Å²) in [6, 6.07) is 0.449. The lowest BCUT2D eigenvalue weighted by Crippen LogP contribution is -2.45. The van der Waals surface area contributed by atoms with Gasteiger partial charge in [0.25, 0.3) is 0 Å². The van der Waals surface area contributed by atoms with Gasteiger partial charge in [-0.25, -0.2) is 0 Å². The van der Waals surface area contributed by atoms with E-state index in [2.05, 4.69) is 32.6 Å². The van der Waals surface area contributed by atoms with Crippen LogP contribution in [-0.2, 0) is 4.74 Å². The van der Waals surface area contributed by atoms with E-state index in [4.69, 9.17) is 4.74 Å². The molecule has 3 heteroatoms. The minimum Gasteiger partial charge on any atom is -0.392 e. The maximum absolute atomic E-state index is 9.58. The molecular weight excluding hydrogens is 190 g/mol. The van der Waals surface area contributed by atoms with E-state index in [9.17, 15) is 5.11 Å². The quantitative estimate of drug-likeness (QED) is 0.714. The number of hydrogen-bond acceptors (Lipinski definition) is 3. The summed E-state index contributed by atoms with van der Waals surface area (Å²) in [4.78, 5) is 2.39. The average molecular weight is 213 g/mol. The van der Waals surface area contributed by atoms with Crippen molar-refractivity contribution in [2.24, 2.45) is 0 Å². The van der Waals surface area contributed by atoms with Crippen molar-refractivity contribution in [2.45, 2.75) is 63.9 Å². The van der Waals surface area contributed by atoms with Crippen molar-refractivity contribution >= 4 is 0 Å². The Kier molecular flexibility index (Phi) is 2.61.